The lowest BCUT2D eigenvalue weighted by molar-refractivity contribution is -0.120. The molecule has 0 spiro atoms. The fourth-order valence-corrected chi connectivity index (χ4v) is 4.76. The molecule has 27 heavy (non-hydrogen) atoms. The molecule has 0 atom stereocenters. The zero-order valence-electron chi connectivity index (χ0n) is 14.9. The van der Waals surface area contributed by atoms with Gasteiger partial charge in [0.25, 0.3) is 0 Å². The zero-order chi connectivity index (χ0) is 19.3. The van der Waals surface area contributed by atoms with E-state index in [0.29, 0.717) is 23.8 Å². The Bertz CT molecular complexity index is 927. The minimum Gasteiger partial charge on any atom is -0.492 e. The molecular weight excluding hydrogens is 430 g/mol. The molecule has 2 aromatic carbocycles. The highest BCUT2D eigenvalue weighted by Crippen LogP contribution is 2.25. The molecule has 1 aliphatic rings. The summed E-state index contributed by atoms with van der Waals surface area (Å²) in [7, 11) is -3.45. The number of aryl methyl sites for hydroxylation is 2. The molecule has 5 nitrogen and oxygen atoms in total. The van der Waals surface area contributed by atoms with Gasteiger partial charge in [0.2, 0.25) is 5.91 Å². The van der Waals surface area contributed by atoms with Crippen LogP contribution in [-0.4, -0.2) is 33.2 Å². The largest absolute Gasteiger partial charge is 0.492 e. The maximum atomic E-state index is 12.5. The molecule has 0 saturated heterocycles. The third-order valence-electron chi connectivity index (χ3n) is 4.52. The normalized spacial score (nSPS) is 13.2. The monoisotopic (exact) mass is 451 g/mol. The van der Waals surface area contributed by atoms with Crippen LogP contribution in [0.1, 0.15) is 24.0 Å². The van der Waals surface area contributed by atoms with E-state index in [0.717, 1.165) is 29.3 Å². The van der Waals surface area contributed by atoms with E-state index in [4.69, 9.17) is 4.74 Å². The minimum atomic E-state index is -3.45. The first-order valence-corrected chi connectivity index (χ1v) is 11.4. The molecule has 0 radical (unpaired) electrons. The number of amides is 1. The second-order valence-corrected chi connectivity index (χ2v) is 9.53. The maximum absolute atomic E-state index is 12.5. The zero-order valence-corrected chi connectivity index (χ0v) is 17.3. The number of ether oxygens (including phenoxy) is 1. The molecule has 2 aromatic rings. The molecule has 1 amide bonds. The van der Waals surface area contributed by atoms with Crippen molar-refractivity contribution in [2.45, 2.75) is 30.6 Å². The van der Waals surface area contributed by atoms with Crippen molar-refractivity contribution in [3.63, 3.8) is 0 Å². The number of hydrogen-bond acceptors (Lipinski definition) is 4. The summed E-state index contributed by atoms with van der Waals surface area (Å²) in [5.41, 5.74) is 2.35. The molecule has 3 rings (SSSR count). The molecule has 0 unspecified atom stereocenters. The van der Waals surface area contributed by atoms with Crippen LogP contribution in [0.5, 0.6) is 5.75 Å². The van der Waals surface area contributed by atoms with Crippen LogP contribution < -0.4 is 10.1 Å². The minimum absolute atomic E-state index is 0.0592. The average Bonchev–Trinajstić information content (AvgIpc) is 3.11. The smallest absolute Gasteiger partial charge is 0.221 e. The van der Waals surface area contributed by atoms with Gasteiger partial charge in [-0.3, -0.25) is 4.79 Å². The summed E-state index contributed by atoms with van der Waals surface area (Å²) < 4.78 is 31.4. The Balaban J connectivity index is 1.43. The number of carbonyl (C=O) groups is 1. The van der Waals surface area contributed by atoms with Gasteiger partial charge in [0.1, 0.15) is 12.4 Å². The highest BCUT2D eigenvalue weighted by atomic mass is 79.9. The van der Waals surface area contributed by atoms with E-state index in [2.05, 4.69) is 21.2 Å². The third kappa shape index (κ3) is 5.56. The van der Waals surface area contributed by atoms with E-state index >= 15 is 0 Å². The van der Waals surface area contributed by atoms with Gasteiger partial charge < -0.3 is 10.1 Å². The molecule has 1 aliphatic carbocycles. The van der Waals surface area contributed by atoms with Gasteiger partial charge in [-0.05, 0) is 60.7 Å². The number of fused-ring (bicyclic) bond motifs is 1. The SMILES string of the molecule is O=C(CCS(=O)(=O)c1ccc2c(c1)CCC2)NCCOc1cccc(Br)c1. The van der Waals surface area contributed by atoms with Crippen molar-refractivity contribution in [2.75, 3.05) is 18.9 Å². The van der Waals surface area contributed by atoms with Crippen molar-refractivity contribution in [1.82, 2.24) is 5.32 Å². The van der Waals surface area contributed by atoms with E-state index < -0.39 is 9.84 Å². The molecule has 1 N–H and O–H groups in total. The quantitative estimate of drug-likeness (QED) is 0.624. The molecule has 0 fully saturated rings. The van der Waals surface area contributed by atoms with Gasteiger partial charge >= 0.3 is 0 Å². The van der Waals surface area contributed by atoms with E-state index in [-0.39, 0.29) is 18.1 Å². The van der Waals surface area contributed by atoms with Crippen LogP contribution in [0.15, 0.2) is 51.8 Å². The van der Waals surface area contributed by atoms with Crippen LogP contribution >= 0.6 is 15.9 Å². The highest BCUT2D eigenvalue weighted by Gasteiger charge is 2.19. The Hall–Kier alpha value is -1.86. The summed E-state index contributed by atoms with van der Waals surface area (Å²) in [6.07, 6.45) is 2.96. The van der Waals surface area contributed by atoms with Crippen molar-refractivity contribution in [2.24, 2.45) is 0 Å². The molecular formula is C20H22BrNO4S. The topological polar surface area (TPSA) is 72.5 Å². The van der Waals surface area contributed by atoms with Crippen molar-refractivity contribution in [3.05, 3.63) is 58.1 Å². The summed E-state index contributed by atoms with van der Waals surface area (Å²) in [4.78, 5) is 12.2. The number of hydrogen-bond donors (Lipinski definition) is 1. The molecule has 144 valence electrons. The fraction of sp³-hybridized carbons (Fsp3) is 0.350. The first-order chi connectivity index (χ1) is 12.9. The van der Waals surface area contributed by atoms with E-state index in [1.54, 1.807) is 12.1 Å². The summed E-state index contributed by atoms with van der Waals surface area (Å²) in [6, 6.07) is 12.7. The first-order valence-electron chi connectivity index (χ1n) is 8.94. The van der Waals surface area contributed by atoms with Crippen molar-refractivity contribution in [3.8, 4) is 5.75 Å². The first kappa shape index (κ1) is 19.9. The summed E-state index contributed by atoms with van der Waals surface area (Å²) in [5, 5.41) is 2.69. The van der Waals surface area contributed by atoms with Crippen LogP contribution in [0.25, 0.3) is 0 Å². The number of rotatable bonds is 8. The summed E-state index contributed by atoms with van der Waals surface area (Å²) in [5.74, 6) is 0.222. The Morgan fingerprint density at radius 3 is 2.74 bits per heavy atom. The molecule has 0 heterocycles. The second-order valence-electron chi connectivity index (χ2n) is 6.51. The second kappa shape index (κ2) is 8.89. The van der Waals surface area contributed by atoms with Crippen molar-refractivity contribution >= 4 is 31.7 Å². The van der Waals surface area contributed by atoms with Crippen LogP contribution in [0, 0.1) is 0 Å². The molecule has 0 aliphatic heterocycles. The standard InChI is InChI=1S/C20H22BrNO4S/c21-17-5-2-6-18(14-17)26-11-10-22-20(23)9-12-27(24,25)19-8-7-15-3-1-4-16(15)13-19/h2,5-8,13-14H,1,3-4,9-12H2,(H,22,23). The van der Waals surface area contributed by atoms with Crippen molar-refractivity contribution in [1.29, 1.82) is 0 Å². The van der Waals surface area contributed by atoms with Gasteiger partial charge in [0.05, 0.1) is 17.2 Å². The Morgan fingerprint density at radius 2 is 1.93 bits per heavy atom. The molecule has 7 heteroatoms. The number of benzene rings is 2. The number of carbonyl (C=O) groups excluding carboxylic acids is 1. The van der Waals surface area contributed by atoms with Crippen molar-refractivity contribution < 1.29 is 17.9 Å². The lowest BCUT2D eigenvalue weighted by Gasteiger charge is -2.09. The molecule has 0 saturated carbocycles. The molecule has 0 bridgehead atoms. The van der Waals surface area contributed by atoms with Crippen LogP contribution in [0.3, 0.4) is 0 Å². The number of halogens is 1. The van der Waals surface area contributed by atoms with E-state index in [1.165, 1.54) is 5.56 Å². The van der Waals surface area contributed by atoms with Crippen LogP contribution in [-0.2, 0) is 27.5 Å². The van der Waals surface area contributed by atoms with Gasteiger partial charge in [-0.15, -0.1) is 0 Å². The number of sulfone groups is 1. The summed E-state index contributed by atoms with van der Waals surface area (Å²) in [6.45, 7) is 0.643. The van der Waals surface area contributed by atoms with Gasteiger partial charge in [0.15, 0.2) is 9.84 Å². The molecule has 0 aromatic heterocycles. The Labute approximate surface area is 168 Å². The maximum Gasteiger partial charge on any atom is 0.221 e. The van der Waals surface area contributed by atoms with E-state index in [9.17, 15) is 13.2 Å². The predicted molar refractivity (Wildman–Crippen MR) is 108 cm³/mol. The number of nitrogens with one attached hydrogen (secondary N) is 1. The Kier molecular flexibility index (Phi) is 6.55. The van der Waals surface area contributed by atoms with Gasteiger partial charge in [0, 0.05) is 10.9 Å². The highest BCUT2D eigenvalue weighted by molar-refractivity contribution is 9.10. The fourth-order valence-electron chi connectivity index (χ4n) is 3.09. The van der Waals surface area contributed by atoms with E-state index in [1.807, 2.05) is 30.3 Å². The average molecular weight is 452 g/mol. The van der Waals surface area contributed by atoms with Gasteiger partial charge in [-0.25, -0.2) is 8.42 Å². The lowest BCUT2D eigenvalue weighted by atomic mass is 10.1. The van der Waals surface area contributed by atoms with Crippen LogP contribution in [0.4, 0.5) is 0 Å². The Morgan fingerprint density at radius 1 is 1.11 bits per heavy atom. The predicted octanol–water partition coefficient (Wildman–Crippen LogP) is 3.30. The third-order valence-corrected chi connectivity index (χ3v) is 6.72. The summed E-state index contributed by atoms with van der Waals surface area (Å²) >= 11 is 3.36. The van der Waals surface area contributed by atoms with Gasteiger partial charge in [-0.2, -0.15) is 0 Å². The van der Waals surface area contributed by atoms with Gasteiger partial charge in [-0.1, -0.05) is 28.1 Å². The van der Waals surface area contributed by atoms with Crippen LogP contribution in [0.2, 0.25) is 0 Å². The lowest BCUT2D eigenvalue weighted by Crippen LogP contribution is -2.29.